The molecule has 3 aromatic carbocycles. The number of hydrogen-bond acceptors (Lipinski definition) is 10. The molecule has 65 heavy (non-hydrogen) atoms. The molecule has 5 heterocycles. The van der Waals surface area contributed by atoms with Gasteiger partial charge in [-0.25, -0.2) is 19.6 Å². The highest BCUT2D eigenvalue weighted by Crippen LogP contribution is 2.48. The van der Waals surface area contributed by atoms with Gasteiger partial charge >= 0.3 is 18.8 Å². The van der Waals surface area contributed by atoms with Crippen LogP contribution < -0.4 is 20.3 Å². The maximum Gasteiger partial charge on any atom is 0.407 e. The van der Waals surface area contributed by atoms with Gasteiger partial charge in [0.25, 0.3) is 0 Å². The minimum Gasteiger partial charge on any atom is -0.453 e. The molecule has 3 aliphatic rings. The molecule has 3 aliphatic heterocycles. The molecule has 5 aromatic rings. The minimum absolute atomic E-state index is 0.0642. The van der Waals surface area contributed by atoms with Crippen LogP contribution in [0.2, 0.25) is 0 Å². The van der Waals surface area contributed by atoms with Gasteiger partial charge in [0.15, 0.2) is 0 Å². The van der Waals surface area contributed by atoms with Crippen molar-refractivity contribution in [1.29, 1.82) is 0 Å². The molecule has 0 unspecified atom stereocenters. The van der Waals surface area contributed by atoms with E-state index >= 15 is 0 Å². The number of benzene rings is 3. The second kappa shape index (κ2) is 18.9. The van der Waals surface area contributed by atoms with E-state index in [2.05, 4.69) is 49.8 Å². The highest BCUT2D eigenvalue weighted by molar-refractivity contribution is 5.87. The molecular weight excluding hydrogens is 841 g/mol. The van der Waals surface area contributed by atoms with Crippen LogP contribution in [0.5, 0.6) is 5.75 Å². The number of anilines is 1. The maximum absolute atomic E-state index is 13.8. The van der Waals surface area contributed by atoms with E-state index in [1.165, 1.54) is 14.2 Å². The lowest BCUT2D eigenvalue weighted by atomic mass is 10.0. The first kappa shape index (κ1) is 45.1. The fourth-order valence-electron chi connectivity index (χ4n) is 9.84. The summed E-state index contributed by atoms with van der Waals surface area (Å²) in [6, 6.07) is 16.7. The third-order valence-electron chi connectivity index (χ3n) is 13.0. The highest BCUT2D eigenvalue weighted by atomic mass is 19.3. The summed E-state index contributed by atoms with van der Waals surface area (Å²) in [4.78, 5) is 74.8. The molecule has 3 fully saturated rings. The Balaban J connectivity index is 1.08. The Hall–Kier alpha value is -6.46. The van der Waals surface area contributed by atoms with Crippen molar-refractivity contribution in [2.24, 2.45) is 11.8 Å². The lowest BCUT2D eigenvalue weighted by Crippen LogP contribution is -2.51. The summed E-state index contributed by atoms with van der Waals surface area (Å²) in [6.45, 7) is 5.66. The zero-order valence-corrected chi connectivity index (χ0v) is 37.5. The van der Waals surface area contributed by atoms with Crippen molar-refractivity contribution in [3.8, 4) is 5.75 Å². The third kappa shape index (κ3) is 9.25. The van der Waals surface area contributed by atoms with Crippen LogP contribution >= 0.6 is 0 Å². The Kier molecular flexibility index (Phi) is 13.1. The monoisotopic (exact) mass is 897 g/mol. The largest absolute Gasteiger partial charge is 0.453 e. The van der Waals surface area contributed by atoms with Crippen molar-refractivity contribution in [1.82, 2.24) is 40.4 Å². The number of aromatic amines is 2. The Morgan fingerprint density at radius 1 is 0.646 bits per heavy atom. The summed E-state index contributed by atoms with van der Waals surface area (Å²) in [6.07, 6.45) is 3.27. The summed E-state index contributed by atoms with van der Waals surface area (Å²) in [5.74, 6) is 0.729. The number of nitrogens with one attached hydrogen (secondary N) is 4. The van der Waals surface area contributed by atoms with Crippen molar-refractivity contribution in [3.05, 3.63) is 83.4 Å². The average molecular weight is 898 g/mol. The van der Waals surface area contributed by atoms with Gasteiger partial charge in [0.1, 0.15) is 29.5 Å². The predicted molar refractivity (Wildman–Crippen MR) is 238 cm³/mol. The molecule has 6 atom stereocenters. The molecule has 0 bridgehead atoms. The number of alkyl carbamates (subject to hydrolysis) is 2. The summed E-state index contributed by atoms with van der Waals surface area (Å²) in [7, 11) is 2.55. The minimum atomic E-state index is -2.95. The molecule has 346 valence electrons. The Bertz CT molecular complexity index is 2380. The van der Waals surface area contributed by atoms with Crippen LogP contribution in [0, 0.1) is 11.8 Å². The fourth-order valence-corrected chi connectivity index (χ4v) is 9.84. The predicted octanol–water partition coefficient (Wildman–Crippen LogP) is 8.21. The van der Waals surface area contributed by atoms with E-state index in [1.54, 1.807) is 34.1 Å². The number of halogens is 2. The topological polar surface area (TPSA) is 187 Å². The molecule has 0 saturated carbocycles. The summed E-state index contributed by atoms with van der Waals surface area (Å²) in [5, 5.41) is 5.41. The lowest BCUT2D eigenvalue weighted by molar-refractivity contribution is -0.136. The number of nitrogens with zero attached hydrogens (tertiary/aromatic N) is 5. The standard InChI is InChI=1S/C47H57F2N9O7/c1-25(2)39(54-46(61)63-5)43(59)56-21-7-9-37(56)41-50-31-17-11-27(23-33(31)52-41)35-19-20-36(58(35)29-13-15-30(16-14-29)65-45(48)49)28-12-18-32-34(24-28)53-42(51-32)38-10-8-22-57(38)44(60)40(26(3)4)55-47(62)64-6/h11-18,23-26,35-40,45H,7-10,19-22H2,1-6H3,(H,50,52)(H,51,53)(H,54,61)(H,55,62)/t35-,36-,37+,38+,39+,40+/m1/s1. The molecule has 0 radical (unpaired) electrons. The Morgan fingerprint density at radius 2 is 1.09 bits per heavy atom. The van der Waals surface area contributed by atoms with Crippen molar-refractivity contribution >= 4 is 51.8 Å². The smallest absolute Gasteiger partial charge is 0.407 e. The number of hydrogen-bond donors (Lipinski definition) is 4. The number of imidazole rings is 2. The van der Waals surface area contributed by atoms with Crippen LogP contribution in [-0.4, -0.2) is 99.7 Å². The molecular formula is C47H57F2N9O7. The highest BCUT2D eigenvalue weighted by Gasteiger charge is 2.40. The number of alkyl halides is 2. The summed E-state index contributed by atoms with van der Waals surface area (Å²) in [5.41, 5.74) is 6.04. The molecule has 2 aromatic heterocycles. The number of carbonyl (C=O) groups is 4. The van der Waals surface area contributed by atoms with Crippen molar-refractivity contribution < 1.29 is 42.2 Å². The SMILES string of the molecule is COC(=O)N[C@H](C(=O)N1CCC[C@H]1c1nc2ccc([C@H]3CC[C@H](c4ccc5nc([C@@H]6CCCN6C(=O)[C@@H](NC(=O)OC)C(C)C)[nH]c5c4)N3c3ccc(OC(F)F)cc3)cc2[nH]1)C(C)C. The van der Waals surface area contributed by atoms with Crippen LogP contribution in [0.3, 0.4) is 0 Å². The van der Waals surface area contributed by atoms with Crippen molar-refractivity contribution in [2.45, 2.75) is 109 Å². The van der Waals surface area contributed by atoms with E-state index in [0.717, 1.165) is 77.4 Å². The van der Waals surface area contributed by atoms with Gasteiger partial charge in [-0.3, -0.25) is 9.59 Å². The fraction of sp³-hybridized carbons (Fsp3) is 0.489. The first-order valence-electron chi connectivity index (χ1n) is 22.4. The summed E-state index contributed by atoms with van der Waals surface area (Å²) < 4.78 is 40.7. The normalized spacial score (nSPS) is 20.9. The van der Waals surface area contributed by atoms with Crippen LogP contribution in [0.15, 0.2) is 60.7 Å². The van der Waals surface area contributed by atoms with E-state index in [0.29, 0.717) is 24.7 Å². The van der Waals surface area contributed by atoms with Crippen LogP contribution in [0.1, 0.15) is 113 Å². The third-order valence-corrected chi connectivity index (χ3v) is 13.0. The number of ether oxygens (including phenoxy) is 3. The molecule has 8 rings (SSSR count). The summed E-state index contributed by atoms with van der Waals surface area (Å²) >= 11 is 0. The number of aromatic nitrogens is 4. The van der Waals surface area contributed by atoms with E-state index < -0.39 is 30.9 Å². The lowest BCUT2D eigenvalue weighted by Gasteiger charge is -2.33. The van der Waals surface area contributed by atoms with E-state index in [1.807, 2.05) is 39.8 Å². The number of H-pyrrole nitrogens is 2. The van der Waals surface area contributed by atoms with Gasteiger partial charge in [-0.05, 0) is 110 Å². The number of amides is 4. The van der Waals surface area contributed by atoms with E-state index in [9.17, 15) is 28.0 Å². The van der Waals surface area contributed by atoms with Gasteiger partial charge < -0.3 is 49.5 Å². The molecule has 3 saturated heterocycles. The van der Waals surface area contributed by atoms with E-state index in [-0.39, 0.29) is 53.6 Å². The molecule has 4 amide bonds. The van der Waals surface area contributed by atoms with Gasteiger partial charge in [-0.15, -0.1) is 0 Å². The second-order valence-corrected chi connectivity index (χ2v) is 17.8. The number of carbonyl (C=O) groups excluding carboxylic acids is 4. The molecule has 16 nitrogen and oxygen atoms in total. The first-order chi connectivity index (χ1) is 31.2. The number of fused-ring (bicyclic) bond motifs is 2. The number of rotatable bonds is 13. The van der Waals surface area contributed by atoms with Gasteiger partial charge in [-0.1, -0.05) is 39.8 Å². The molecule has 0 spiro atoms. The van der Waals surface area contributed by atoms with Gasteiger partial charge in [0.2, 0.25) is 11.8 Å². The zero-order valence-electron chi connectivity index (χ0n) is 37.5. The van der Waals surface area contributed by atoms with Crippen LogP contribution in [0.25, 0.3) is 22.1 Å². The Morgan fingerprint density at radius 3 is 1.49 bits per heavy atom. The second-order valence-electron chi connectivity index (χ2n) is 17.8. The van der Waals surface area contributed by atoms with E-state index in [4.69, 9.17) is 24.2 Å². The molecule has 4 N–H and O–H groups in total. The number of methoxy groups -OCH3 is 2. The van der Waals surface area contributed by atoms with Crippen LogP contribution in [-0.2, 0) is 19.1 Å². The van der Waals surface area contributed by atoms with Crippen LogP contribution in [0.4, 0.5) is 24.1 Å². The number of likely N-dealkylation sites (tertiary alicyclic amines) is 2. The molecule has 18 heteroatoms. The molecule has 0 aliphatic carbocycles. The average Bonchev–Trinajstić information content (AvgIpc) is 4.15. The quantitative estimate of drug-likeness (QED) is 0.0897. The first-order valence-corrected chi connectivity index (χ1v) is 22.4. The van der Waals surface area contributed by atoms with Gasteiger partial charge in [0.05, 0.1) is 60.5 Å². The maximum atomic E-state index is 13.8. The Labute approximate surface area is 375 Å². The van der Waals surface area contributed by atoms with Crippen molar-refractivity contribution in [2.75, 3.05) is 32.2 Å². The van der Waals surface area contributed by atoms with Gasteiger partial charge in [-0.2, -0.15) is 8.78 Å². The van der Waals surface area contributed by atoms with Gasteiger partial charge in [0, 0.05) is 18.8 Å². The van der Waals surface area contributed by atoms with Crippen molar-refractivity contribution in [3.63, 3.8) is 0 Å². The zero-order chi connectivity index (χ0) is 46.1.